The van der Waals surface area contributed by atoms with Gasteiger partial charge >= 0.3 is 0 Å². The van der Waals surface area contributed by atoms with Crippen molar-refractivity contribution in [1.82, 2.24) is 19.9 Å². The molecule has 0 amide bonds. The lowest BCUT2D eigenvalue weighted by molar-refractivity contribution is 0.597. The number of fused-ring (bicyclic) bond motifs is 2. The number of aromatic amines is 2. The van der Waals surface area contributed by atoms with Crippen molar-refractivity contribution in [3.63, 3.8) is 0 Å². The van der Waals surface area contributed by atoms with Gasteiger partial charge in [-0.25, -0.2) is 9.97 Å². The molecule has 7 rings (SSSR count). The van der Waals surface area contributed by atoms with Gasteiger partial charge in [0.15, 0.2) is 0 Å². The van der Waals surface area contributed by atoms with Crippen molar-refractivity contribution in [3.8, 4) is 45.4 Å². The van der Waals surface area contributed by atoms with E-state index in [2.05, 4.69) is 9.97 Å². The molecule has 9 nitrogen and oxygen atoms in total. The number of amidine groups is 2. The highest BCUT2D eigenvalue weighted by atomic mass is 16.3. The molecule has 0 aliphatic carbocycles. The summed E-state index contributed by atoms with van der Waals surface area (Å²) in [5.41, 5.74) is 19.4. The lowest BCUT2D eigenvalue weighted by atomic mass is 10.0. The van der Waals surface area contributed by atoms with Gasteiger partial charge in [0.2, 0.25) is 0 Å². The minimum atomic E-state index is -0.0323. The van der Waals surface area contributed by atoms with E-state index in [1.807, 2.05) is 84.9 Å². The Balaban J connectivity index is 1.37. The van der Waals surface area contributed by atoms with E-state index in [1.165, 1.54) is 0 Å². The van der Waals surface area contributed by atoms with Gasteiger partial charge < -0.3 is 25.9 Å². The Hall–Kier alpha value is -5.96. The summed E-state index contributed by atoms with van der Waals surface area (Å²) >= 11 is 0. The second-order valence-electron chi connectivity index (χ2n) is 9.72. The fraction of sp³-hybridized carbons (Fsp3) is 0. The summed E-state index contributed by atoms with van der Waals surface area (Å²) in [6.07, 6.45) is 0. The highest BCUT2D eigenvalue weighted by molar-refractivity contribution is 5.99. The van der Waals surface area contributed by atoms with Crippen LogP contribution in [-0.4, -0.2) is 31.6 Å². The molecule has 198 valence electrons. The fourth-order valence-corrected chi connectivity index (χ4v) is 5.03. The van der Waals surface area contributed by atoms with Gasteiger partial charge in [0, 0.05) is 33.4 Å². The molecule has 0 unspecified atom stereocenters. The van der Waals surface area contributed by atoms with Crippen LogP contribution in [0.1, 0.15) is 11.1 Å². The minimum absolute atomic E-state index is 0.0323. The number of nitrogens with one attached hydrogen (secondary N) is 4. The zero-order chi connectivity index (χ0) is 28.1. The van der Waals surface area contributed by atoms with Gasteiger partial charge in [0.1, 0.15) is 34.8 Å². The van der Waals surface area contributed by atoms with Gasteiger partial charge in [-0.15, -0.1) is 0 Å². The Morgan fingerprint density at radius 1 is 0.561 bits per heavy atom. The van der Waals surface area contributed by atoms with Crippen LogP contribution < -0.4 is 11.5 Å². The number of rotatable bonds is 6. The number of furan rings is 1. The van der Waals surface area contributed by atoms with Crippen LogP contribution >= 0.6 is 0 Å². The van der Waals surface area contributed by atoms with E-state index in [0.29, 0.717) is 34.3 Å². The minimum Gasteiger partial charge on any atom is -0.456 e. The molecule has 0 aliphatic heterocycles. The largest absolute Gasteiger partial charge is 0.456 e. The molecule has 7 aromatic rings. The Bertz CT molecular complexity index is 1910. The van der Waals surface area contributed by atoms with Crippen LogP contribution in [-0.2, 0) is 0 Å². The lowest BCUT2D eigenvalue weighted by Crippen LogP contribution is -2.11. The Morgan fingerprint density at radius 3 is 1.41 bits per heavy atom. The average Bonchev–Trinajstić information content (AvgIpc) is 3.74. The first kappa shape index (κ1) is 24.1. The fourth-order valence-electron chi connectivity index (χ4n) is 5.03. The van der Waals surface area contributed by atoms with Gasteiger partial charge in [-0.1, -0.05) is 36.4 Å². The maximum atomic E-state index is 7.98. The van der Waals surface area contributed by atoms with E-state index in [4.69, 9.17) is 36.7 Å². The van der Waals surface area contributed by atoms with Crippen LogP contribution in [0, 0.1) is 10.8 Å². The summed E-state index contributed by atoms with van der Waals surface area (Å²) in [7, 11) is 0. The smallest absolute Gasteiger partial charge is 0.139 e. The van der Waals surface area contributed by atoms with Crippen LogP contribution in [0.25, 0.3) is 67.5 Å². The number of hydrogen-bond acceptors (Lipinski definition) is 5. The van der Waals surface area contributed by atoms with Crippen molar-refractivity contribution in [2.75, 3.05) is 0 Å². The molecule has 3 aromatic heterocycles. The second-order valence-corrected chi connectivity index (χ2v) is 9.72. The maximum absolute atomic E-state index is 7.98. The van der Waals surface area contributed by atoms with Gasteiger partial charge in [-0.3, -0.25) is 10.8 Å². The monoisotopic (exact) mass is 536 g/mol. The van der Waals surface area contributed by atoms with Crippen LogP contribution in [0.3, 0.4) is 0 Å². The van der Waals surface area contributed by atoms with E-state index >= 15 is 0 Å². The highest BCUT2D eigenvalue weighted by Crippen LogP contribution is 2.39. The zero-order valence-electron chi connectivity index (χ0n) is 21.7. The van der Waals surface area contributed by atoms with Crippen LogP contribution in [0.15, 0.2) is 101 Å². The summed E-state index contributed by atoms with van der Waals surface area (Å²) in [4.78, 5) is 16.3. The number of H-pyrrole nitrogens is 2. The molecule has 0 saturated carbocycles. The first-order chi connectivity index (χ1) is 19.9. The Labute approximate surface area is 233 Å². The quantitative estimate of drug-likeness (QED) is 0.108. The first-order valence-corrected chi connectivity index (χ1v) is 12.9. The number of imidazole rings is 2. The molecule has 0 atom stereocenters. The molecule has 4 aromatic carbocycles. The first-order valence-electron chi connectivity index (χ1n) is 12.9. The van der Waals surface area contributed by atoms with Crippen molar-refractivity contribution in [2.24, 2.45) is 11.5 Å². The topological polar surface area (TPSA) is 170 Å². The van der Waals surface area contributed by atoms with E-state index in [0.717, 1.165) is 44.3 Å². The van der Waals surface area contributed by atoms with E-state index < -0.39 is 0 Å². The third kappa shape index (κ3) is 4.22. The predicted molar refractivity (Wildman–Crippen MR) is 162 cm³/mol. The lowest BCUT2D eigenvalue weighted by Gasteiger charge is -2.10. The molecule has 0 fully saturated rings. The van der Waals surface area contributed by atoms with Crippen molar-refractivity contribution in [2.45, 2.75) is 0 Å². The number of hydrogen-bond donors (Lipinski definition) is 6. The molecular formula is C32H24N8O. The van der Waals surface area contributed by atoms with Gasteiger partial charge in [-0.05, 0) is 60.7 Å². The predicted octanol–water partition coefficient (Wildman–Crippen LogP) is 6.27. The van der Waals surface area contributed by atoms with Crippen LogP contribution in [0.2, 0.25) is 0 Å². The van der Waals surface area contributed by atoms with Crippen molar-refractivity contribution in [3.05, 3.63) is 108 Å². The second kappa shape index (κ2) is 9.35. The van der Waals surface area contributed by atoms with Gasteiger partial charge in [-0.2, -0.15) is 0 Å². The van der Waals surface area contributed by atoms with Gasteiger partial charge in [0.05, 0.1) is 22.1 Å². The Kier molecular flexibility index (Phi) is 5.50. The molecular weight excluding hydrogens is 512 g/mol. The standard InChI is InChI=1S/C32H24N8O/c33-29(34)17-9-11-19(21(15-17)31-37-23-5-1-2-6-24(23)38-31)27-13-14-28(41-27)20-12-10-18(30(35)36)16-22(20)32-39-25-7-3-4-8-26(25)40-32/h1-16H,(H3,33,34)(H3,35,36)(H,37,38)(H,39,40). The molecule has 0 aliphatic rings. The zero-order valence-corrected chi connectivity index (χ0v) is 21.7. The third-order valence-corrected chi connectivity index (χ3v) is 7.09. The molecule has 0 saturated heterocycles. The molecule has 0 radical (unpaired) electrons. The molecule has 3 heterocycles. The molecule has 41 heavy (non-hydrogen) atoms. The number of nitrogens with zero attached hydrogens (tertiary/aromatic N) is 2. The molecule has 0 spiro atoms. The van der Waals surface area contributed by atoms with Crippen molar-refractivity contribution in [1.29, 1.82) is 10.8 Å². The van der Waals surface area contributed by atoms with Gasteiger partial charge in [0.25, 0.3) is 0 Å². The Morgan fingerprint density at radius 2 is 1.00 bits per heavy atom. The van der Waals surface area contributed by atoms with E-state index in [-0.39, 0.29) is 11.7 Å². The SMILES string of the molecule is N=C(N)c1ccc(-c2ccc(-c3ccc(C(=N)N)cc3-c3nc4ccccc4[nH]3)o2)c(-c2nc3ccccc3[nH]2)c1. The number of aromatic nitrogens is 4. The van der Waals surface area contributed by atoms with Crippen LogP contribution in [0.4, 0.5) is 0 Å². The van der Waals surface area contributed by atoms with Crippen molar-refractivity contribution < 1.29 is 4.42 Å². The number of nitrogens with two attached hydrogens (primary N) is 2. The maximum Gasteiger partial charge on any atom is 0.139 e. The summed E-state index contributed by atoms with van der Waals surface area (Å²) in [5, 5.41) is 16.0. The summed E-state index contributed by atoms with van der Waals surface area (Å²) in [5.74, 6) is 2.48. The number of para-hydroxylation sites is 4. The molecule has 8 N–H and O–H groups in total. The summed E-state index contributed by atoms with van der Waals surface area (Å²) in [6, 6.07) is 30.5. The van der Waals surface area contributed by atoms with Crippen molar-refractivity contribution >= 4 is 33.7 Å². The summed E-state index contributed by atoms with van der Waals surface area (Å²) in [6.45, 7) is 0. The van der Waals surface area contributed by atoms with E-state index in [9.17, 15) is 0 Å². The van der Waals surface area contributed by atoms with Crippen LogP contribution in [0.5, 0.6) is 0 Å². The number of benzene rings is 4. The highest BCUT2D eigenvalue weighted by Gasteiger charge is 2.19. The number of nitrogen functional groups attached to an aromatic ring is 2. The average molecular weight is 537 g/mol. The molecule has 0 bridgehead atoms. The normalized spacial score (nSPS) is 11.3. The summed E-state index contributed by atoms with van der Waals surface area (Å²) < 4.78 is 6.48. The van der Waals surface area contributed by atoms with E-state index in [1.54, 1.807) is 12.1 Å². The molecule has 9 heteroatoms. The third-order valence-electron chi connectivity index (χ3n) is 7.09.